The summed E-state index contributed by atoms with van der Waals surface area (Å²) in [5.41, 5.74) is 1.10. The Hall–Kier alpha value is -1.39. The topological polar surface area (TPSA) is 57.6 Å². The number of nitrogens with zero attached hydrogens (tertiary/aromatic N) is 1. The quantitative estimate of drug-likeness (QED) is 0.825. The van der Waals surface area contributed by atoms with E-state index in [1.165, 1.54) is 0 Å². The Labute approximate surface area is 106 Å². The van der Waals surface area contributed by atoms with E-state index in [1.807, 2.05) is 35.2 Å². The SMILES string of the molecule is Cl.O=C(O)C1CN(Cc2ccccc2)CC1=O. The fourth-order valence-electron chi connectivity index (χ4n) is 1.93. The molecule has 0 amide bonds. The van der Waals surface area contributed by atoms with Crippen molar-refractivity contribution >= 4 is 24.2 Å². The van der Waals surface area contributed by atoms with Crippen molar-refractivity contribution in [3.63, 3.8) is 0 Å². The summed E-state index contributed by atoms with van der Waals surface area (Å²) < 4.78 is 0. The molecule has 0 aromatic heterocycles. The number of hydrogen-bond acceptors (Lipinski definition) is 3. The highest BCUT2D eigenvalue weighted by Gasteiger charge is 2.35. The van der Waals surface area contributed by atoms with Crippen molar-refractivity contribution in [2.45, 2.75) is 6.54 Å². The molecule has 1 fully saturated rings. The Kier molecular flexibility index (Phi) is 4.66. The van der Waals surface area contributed by atoms with Crippen LogP contribution in [0.3, 0.4) is 0 Å². The van der Waals surface area contributed by atoms with Crippen LogP contribution in [0.1, 0.15) is 5.56 Å². The van der Waals surface area contributed by atoms with Gasteiger partial charge in [-0.3, -0.25) is 14.5 Å². The molecule has 1 aliphatic rings. The molecule has 2 rings (SSSR count). The first-order valence-electron chi connectivity index (χ1n) is 5.18. The number of carbonyl (C=O) groups excluding carboxylic acids is 1. The number of aliphatic carboxylic acids is 1. The fourth-order valence-corrected chi connectivity index (χ4v) is 1.93. The van der Waals surface area contributed by atoms with Gasteiger partial charge in [-0.1, -0.05) is 30.3 Å². The number of carbonyl (C=O) groups is 2. The van der Waals surface area contributed by atoms with E-state index in [0.717, 1.165) is 5.56 Å². The largest absolute Gasteiger partial charge is 0.481 e. The highest BCUT2D eigenvalue weighted by molar-refractivity contribution is 6.01. The molecule has 1 aromatic rings. The minimum Gasteiger partial charge on any atom is -0.481 e. The molecule has 1 aliphatic heterocycles. The second-order valence-corrected chi connectivity index (χ2v) is 4.01. The van der Waals surface area contributed by atoms with Crippen LogP contribution in [0.15, 0.2) is 30.3 Å². The van der Waals surface area contributed by atoms with Crippen LogP contribution >= 0.6 is 12.4 Å². The Balaban J connectivity index is 0.00000144. The number of likely N-dealkylation sites (tertiary alicyclic amines) is 1. The number of carboxylic acids is 1. The lowest BCUT2D eigenvalue weighted by atomic mass is 10.1. The zero-order chi connectivity index (χ0) is 11.5. The Morgan fingerprint density at radius 1 is 1.35 bits per heavy atom. The smallest absolute Gasteiger partial charge is 0.315 e. The van der Waals surface area contributed by atoms with Gasteiger partial charge in [0.2, 0.25) is 0 Å². The summed E-state index contributed by atoms with van der Waals surface area (Å²) in [6, 6.07) is 9.74. The number of ketones is 1. The molecule has 1 saturated heterocycles. The first-order valence-corrected chi connectivity index (χ1v) is 5.18. The van der Waals surface area contributed by atoms with Gasteiger partial charge in [0, 0.05) is 13.1 Å². The van der Waals surface area contributed by atoms with Gasteiger partial charge in [-0.15, -0.1) is 12.4 Å². The van der Waals surface area contributed by atoms with Crippen molar-refractivity contribution < 1.29 is 14.7 Å². The Morgan fingerprint density at radius 3 is 2.53 bits per heavy atom. The molecule has 1 aromatic carbocycles. The third-order valence-electron chi connectivity index (χ3n) is 2.76. The lowest BCUT2D eigenvalue weighted by Crippen LogP contribution is -2.23. The van der Waals surface area contributed by atoms with Crippen LogP contribution < -0.4 is 0 Å². The van der Waals surface area contributed by atoms with E-state index in [2.05, 4.69) is 0 Å². The number of hydrogen-bond donors (Lipinski definition) is 1. The second kappa shape index (κ2) is 5.80. The normalized spacial score (nSPS) is 20.0. The molecule has 0 spiro atoms. The highest BCUT2D eigenvalue weighted by atomic mass is 35.5. The fraction of sp³-hybridized carbons (Fsp3) is 0.333. The van der Waals surface area contributed by atoms with Crippen LogP contribution in [-0.2, 0) is 16.1 Å². The van der Waals surface area contributed by atoms with Crippen LogP contribution in [0.2, 0.25) is 0 Å². The predicted octanol–water partition coefficient (Wildman–Crippen LogP) is 1.19. The van der Waals surface area contributed by atoms with Gasteiger partial charge in [-0.25, -0.2) is 0 Å². The third kappa shape index (κ3) is 3.28. The van der Waals surface area contributed by atoms with Gasteiger partial charge in [0.05, 0.1) is 6.54 Å². The molecular weight excluding hydrogens is 242 g/mol. The highest BCUT2D eigenvalue weighted by Crippen LogP contribution is 2.15. The molecule has 92 valence electrons. The zero-order valence-electron chi connectivity index (χ0n) is 9.20. The molecule has 0 bridgehead atoms. The molecule has 17 heavy (non-hydrogen) atoms. The average molecular weight is 256 g/mol. The summed E-state index contributed by atoms with van der Waals surface area (Å²) in [4.78, 5) is 24.0. The van der Waals surface area contributed by atoms with Crippen LogP contribution in [0.4, 0.5) is 0 Å². The van der Waals surface area contributed by atoms with E-state index in [1.54, 1.807) is 0 Å². The van der Waals surface area contributed by atoms with Crippen molar-refractivity contribution in [1.82, 2.24) is 4.90 Å². The van der Waals surface area contributed by atoms with E-state index >= 15 is 0 Å². The summed E-state index contributed by atoms with van der Waals surface area (Å²) >= 11 is 0. The maximum Gasteiger partial charge on any atom is 0.315 e. The van der Waals surface area contributed by atoms with Gasteiger partial charge >= 0.3 is 5.97 Å². The molecule has 4 nitrogen and oxygen atoms in total. The summed E-state index contributed by atoms with van der Waals surface area (Å²) in [6.07, 6.45) is 0. The Bertz CT molecular complexity index is 407. The van der Waals surface area contributed by atoms with Gasteiger partial charge < -0.3 is 5.11 Å². The summed E-state index contributed by atoms with van der Waals surface area (Å²) in [5.74, 6) is -2.05. The maximum atomic E-state index is 11.4. The first kappa shape index (κ1) is 13.7. The molecule has 1 unspecified atom stereocenters. The molecule has 0 saturated carbocycles. The van der Waals surface area contributed by atoms with Crippen molar-refractivity contribution in [1.29, 1.82) is 0 Å². The minimum absolute atomic E-state index is 0. The molecule has 1 atom stereocenters. The molecular formula is C12H14ClNO3. The number of benzene rings is 1. The van der Waals surface area contributed by atoms with Gasteiger partial charge in [0.1, 0.15) is 5.92 Å². The van der Waals surface area contributed by atoms with Crippen LogP contribution in [0.25, 0.3) is 0 Å². The van der Waals surface area contributed by atoms with Gasteiger partial charge in [0.25, 0.3) is 0 Å². The minimum atomic E-state index is -1.01. The number of Topliss-reactive ketones (excluding diaryl/α,β-unsaturated/α-hetero) is 1. The molecule has 5 heteroatoms. The predicted molar refractivity (Wildman–Crippen MR) is 65.1 cm³/mol. The monoisotopic (exact) mass is 255 g/mol. The van der Waals surface area contributed by atoms with Crippen molar-refractivity contribution in [3.8, 4) is 0 Å². The molecule has 0 aliphatic carbocycles. The van der Waals surface area contributed by atoms with Crippen molar-refractivity contribution in [2.24, 2.45) is 5.92 Å². The third-order valence-corrected chi connectivity index (χ3v) is 2.76. The summed E-state index contributed by atoms with van der Waals surface area (Å²) in [5, 5.41) is 8.82. The van der Waals surface area contributed by atoms with Gasteiger partial charge in [0.15, 0.2) is 5.78 Å². The number of carboxylic acid groups (broad SMARTS) is 1. The number of rotatable bonds is 3. The second-order valence-electron chi connectivity index (χ2n) is 4.01. The van der Waals surface area contributed by atoms with Crippen molar-refractivity contribution in [2.75, 3.05) is 13.1 Å². The van der Waals surface area contributed by atoms with Crippen LogP contribution in [0.5, 0.6) is 0 Å². The van der Waals surface area contributed by atoms with E-state index in [9.17, 15) is 9.59 Å². The van der Waals surface area contributed by atoms with E-state index in [4.69, 9.17) is 5.11 Å². The lowest BCUT2D eigenvalue weighted by Gasteiger charge is -2.13. The molecule has 1 heterocycles. The maximum absolute atomic E-state index is 11.4. The number of halogens is 1. The van der Waals surface area contributed by atoms with Gasteiger partial charge in [-0.2, -0.15) is 0 Å². The van der Waals surface area contributed by atoms with Crippen LogP contribution in [-0.4, -0.2) is 34.8 Å². The summed E-state index contributed by atoms with van der Waals surface area (Å²) in [6.45, 7) is 1.20. The first-order chi connectivity index (χ1) is 7.66. The van der Waals surface area contributed by atoms with E-state index < -0.39 is 11.9 Å². The van der Waals surface area contributed by atoms with Crippen LogP contribution in [0, 0.1) is 5.92 Å². The van der Waals surface area contributed by atoms with E-state index in [-0.39, 0.29) is 24.7 Å². The van der Waals surface area contributed by atoms with Crippen molar-refractivity contribution in [3.05, 3.63) is 35.9 Å². The van der Waals surface area contributed by atoms with E-state index in [0.29, 0.717) is 13.1 Å². The standard InChI is InChI=1S/C12H13NO3.ClH/c14-11-8-13(7-10(11)12(15)16)6-9-4-2-1-3-5-9;/h1-5,10H,6-8H2,(H,15,16);1H. The lowest BCUT2D eigenvalue weighted by molar-refractivity contribution is -0.144. The molecule has 0 radical (unpaired) electrons. The molecule has 1 N–H and O–H groups in total. The van der Waals surface area contributed by atoms with Gasteiger partial charge in [-0.05, 0) is 5.56 Å². The average Bonchev–Trinajstić information content (AvgIpc) is 2.61. The zero-order valence-corrected chi connectivity index (χ0v) is 10.0. The summed E-state index contributed by atoms with van der Waals surface area (Å²) in [7, 11) is 0. The Morgan fingerprint density at radius 2 is 2.00 bits per heavy atom.